The topological polar surface area (TPSA) is 33.8 Å². The number of hydrogen-bond donors (Lipinski definition) is 1. The highest BCUT2D eigenvalue weighted by molar-refractivity contribution is 9.10. The first-order valence-corrected chi connectivity index (χ1v) is 4.83. The maximum Gasteiger partial charge on any atom is 0.244 e. The van der Waals surface area contributed by atoms with Gasteiger partial charge in [0.25, 0.3) is 0 Å². The molecule has 1 N–H and O–H groups in total. The average molecular weight is 256 g/mol. The quantitative estimate of drug-likeness (QED) is 0.842. The first kappa shape index (κ1) is 11.0. The summed E-state index contributed by atoms with van der Waals surface area (Å²) >= 11 is 3.30. The minimum absolute atomic E-state index is 0.0484. The summed E-state index contributed by atoms with van der Waals surface area (Å²) in [5.41, 5.74) is 0.637. The van der Waals surface area contributed by atoms with Gasteiger partial charge in [-0.2, -0.15) is 0 Å². The van der Waals surface area contributed by atoms with Crippen molar-refractivity contribution in [1.29, 1.82) is 0 Å². The molecule has 0 bridgehead atoms. The molecule has 0 amide bonds. The van der Waals surface area contributed by atoms with Gasteiger partial charge in [0.1, 0.15) is 5.75 Å². The maximum absolute atomic E-state index is 9.64. The molecule has 0 spiro atoms. The van der Waals surface area contributed by atoms with Crippen molar-refractivity contribution in [1.82, 2.24) is 0 Å². The number of halogens is 1. The second-order valence-electron chi connectivity index (χ2n) is 2.74. The Morgan fingerprint density at radius 1 is 1.64 bits per heavy atom. The van der Waals surface area contributed by atoms with Crippen molar-refractivity contribution in [2.75, 3.05) is 13.7 Å². The molecular weight excluding hydrogens is 246 g/mol. The predicted octanol–water partition coefficient (Wildman–Crippen LogP) is 2.41. The lowest BCUT2D eigenvalue weighted by Crippen LogP contribution is -2.02. The lowest BCUT2D eigenvalue weighted by molar-refractivity contribution is 0.190. The second kappa shape index (κ2) is 4.99. The van der Waals surface area contributed by atoms with E-state index in [1.54, 1.807) is 12.1 Å². The highest BCUT2D eigenvalue weighted by Gasteiger charge is 2.15. The van der Waals surface area contributed by atoms with Crippen LogP contribution in [0.5, 0.6) is 5.75 Å². The van der Waals surface area contributed by atoms with E-state index >= 15 is 0 Å². The third-order valence-corrected chi connectivity index (χ3v) is 2.31. The van der Waals surface area contributed by atoms with Crippen LogP contribution in [0, 0.1) is 6.57 Å². The Morgan fingerprint density at radius 2 is 2.36 bits per heavy atom. The number of aliphatic hydroxyl groups excluding tert-OH is 1. The smallest absolute Gasteiger partial charge is 0.244 e. The first-order chi connectivity index (χ1) is 6.69. The van der Waals surface area contributed by atoms with E-state index in [2.05, 4.69) is 20.8 Å². The van der Waals surface area contributed by atoms with Gasteiger partial charge in [0.15, 0.2) is 6.10 Å². The van der Waals surface area contributed by atoms with Gasteiger partial charge in [-0.1, -0.05) is 15.9 Å². The van der Waals surface area contributed by atoms with Crippen LogP contribution in [0.25, 0.3) is 4.85 Å². The molecule has 0 radical (unpaired) electrons. The fourth-order valence-electron chi connectivity index (χ4n) is 1.15. The predicted molar refractivity (Wildman–Crippen MR) is 57.1 cm³/mol. The van der Waals surface area contributed by atoms with Gasteiger partial charge in [0.2, 0.25) is 6.54 Å². The molecule has 1 atom stereocenters. The number of benzene rings is 1. The van der Waals surface area contributed by atoms with Crippen LogP contribution >= 0.6 is 15.9 Å². The number of aliphatic hydroxyl groups is 1. The van der Waals surface area contributed by atoms with E-state index in [-0.39, 0.29) is 6.54 Å². The van der Waals surface area contributed by atoms with Crippen molar-refractivity contribution in [2.24, 2.45) is 0 Å². The standard InChI is InChI=1S/C10H10BrNO2/c1-12-6-9(13)8-5-7(11)3-4-10(8)14-2/h3-5,9,13H,6H2,2H3. The Labute approximate surface area is 91.3 Å². The van der Waals surface area contributed by atoms with Crippen LogP contribution in [0.15, 0.2) is 22.7 Å². The van der Waals surface area contributed by atoms with Crippen molar-refractivity contribution < 1.29 is 9.84 Å². The van der Waals surface area contributed by atoms with Gasteiger partial charge in [-0.3, -0.25) is 0 Å². The molecule has 1 unspecified atom stereocenters. The lowest BCUT2D eigenvalue weighted by atomic mass is 10.1. The summed E-state index contributed by atoms with van der Waals surface area (Å²) < 4.78 is 5.94. The van der Waals surface area contributed by atoms with Crippen LogP contribution in [0.4, 0.5) is 0 Å². The molecule has 1 aromatic rings. The summed E-state index contributed by atoms with van der Waals surface area (Å²) in [5, 5.41) is 9.64. The molecule has 3 nitrogen and oxygen atoms in total. The summed E-state index contributed by atoms with van der Waals surface area (Å²) in [6.45, 7) is 6.72. The van der Waals surface area contributed by atoms with Gasteiger partial charge in [0, 0.05) is 10.0 Å². The molecule has 1 aromatic carbocycles. The Bertz CT molecular complexity index is 360. The summed E-state index contributed by atoms with van der Waals surface area (Å²) in [6.07, 6.45) is -0.792. The van der Waals surface area contributed by atoms with Gasteiger partial charge in [-0.15, -0.1) is 0 Å². The molecule has 0 saturated heterocycles. The maximum atomic E-state index is 9.64. The van der Waals surface area contributed by atoms with Gasteiger partial charge < -0.3 is 14.7 Å². The molecule has 0 aliphatic rings. The molecule has 0 fully saturated rings. The van der Waals surface area contributed by atoms with Gasteiger partial charge in [-0.25, -0.2) is 6.57 Å². The summed E-state index contributed by atoms with van der Waals surface area (Å²) in [5.74, 6) is 0.601. The van der Waals surface area contributed by atoms with Crippen LogP contribution in [0.3, 0.4) is 0 Å². The SMILES string of the molecule is [C-]#[N+]CC(O)c1cc(Br)ccc1OC. The molecule has 0 aliphatic heterocycles. The summed E-state index contributed by atoms with van der Waals surface area (Å²) in [7, 11) is 1.54. The molecular formula is C10H10BrNO2. The molecule has 0 aliphatic carbocycles. The second-order valence-corrected chi connectivity index (χ2v) is 3.66. The van der Waals surface area contributed by atoms with E-state index in [4.69, 9.17) is 11.3 Å². The van der Waals surface area contributed by atoms with Crippen LogP contribution in [-0.4, -0.2) is 18.8 Å². The molecule has 74 valence electrons. The summed E-state index contributed by atoms with van der Waals surface area (Å²) in [4.78, 5) is 3.15. The molecule has 14 heavy (non-hydrogen) atoms. The van der Waals surface area contributed by atoms with E-state index in [1.807, 2.05) is 6.07 Å². The Hall–Kier alpha value is -1.05. The average Bonchev–Trinajstić information content (AvgIpc) is 2.18. The highest BCUT2D eigenvalue weighted by atomic mass is 79.9. The fourth-order valence-corrected chi connectivity index (χ4v) is 1.53. The van der Waals surface area contributed by atoms with E-state index in [0.717, 1.165) is 4.47 Å². The van der Waals surface area contributed by atoms with E-state index in [1.165, 1.54) is 7.11 Å². The minimum atomic E-state index is -0.792. The van der Waals surface area contributed by atoms with Crippen molar-refractivity contribution in [3.8, 4) is 5.75 Å². The van der Waals surface area contributed by atoms with E-state index < -0.39 is 6.10 Å². The van der Waals surface area contributed by atoms with Crippen LogP contribution in [-0.2, 0) is 0 Å². The van der Waals surface area contributed by atoms with E-state index in [9.17, 15) is 5.11 Å². The van der Waals surface area contributed by atoms with Crippen LogP contribution in [0.2, 0.25) is 0 Å². The van der Waals surface area contributed by atoms with Crippen molar-refractivity contribution in [3.05, 3.63) is 39.7 Å². The number of methoxy groups -OCH3 is 1. The van der Waals surface area contributed by atoms with Gasteiger partial charge in [0.05, 0.1) is 7.11 Å². The Morgan fingerprint density at radius 3 is 2.93 bits per heavy atom. The molecule has 0 saturated carbocycles. The van der Waals surface area contributed by atoms with E-state index in [0.29, 0.717) is 11.3 Å². The van der Waals surface area contributed by atoms with Crippen molar-refractivity contribution in [3.63, 3.8) is 0 Å². The number of ether oxygens (including phenoxy) is 1. The highest BCUT2D eigenvalue weighted by Crippen LogP contribution is 2.28. The fraction of sp³-hybridized carbons (Fsp3) is 0.300. The summed E-state index contributed by atoms with van der Waals surface area (Å²) in [6, 6.07) is 5.34. The number of nitrogens with zero attached hydrogens (tertiary/aromatic N) is 1. The zero-order chi connectivity index (χ0) is 10.6. The Balaban J connectivity index is 3.04. The van der Waals surface area contributed by atoms with Gasteiger partial charge >= 0.3 is 0 Å². The molecule has 4 heteroatoms. The molecule has 0 heterocycles. The lowest BCUT2D eigenvalue weighted by Gasteiger charge is -2.10. The van der Waals surface area contributed by atoms with Crippen LogP contribution < -0.4 is 4.74 Å². The van der Waals surface area contributed by atoms with Crippen molar-refractivity contribution >= 4 is 15.9 Å². The van der Waals surface area contributed by atoms with Gasteiger partial charge in [-0.05, 0) is 18.2 Å². The number of hydrogen-bond acceptors (Lipinski definition) is 2. The zero-order valence-electron chi connectivity index (χ0n) is 7.70. The zero-order valence-corrected chi connectivity index (χ0v) is 9.28. The van der Waals surface area contributed by atoms with Crippen molar-refractivity contribution in [2.45, 2.75) is 6.10 Å². The van der Waals surface area contributed by atoms with Crippen LogP contribution in [0.1, 0.15) is 11.7 Å². The number of rotatable bonds is 3. The third-order valence-electron chi connectivity index (χ3n) is 1.81. The minimum Gasteiger partial charge on any atom is -0.496 e. The first-order valence-electron chi connectivity index (χ1n) is 4.03. The Kier molecular flexibility index (Phi) is 3.93. The molecule has 0 aromatic heterocycles. The monoisotopic (exact) mass is 255 g/mol. The largest absolute Gasteiger partial charge is 0.496 e. The third kappa shape index (κ3) is 2.47. The normalized spacial score (nSPS) is 11.9. The molecule has 1 rings (SSSR count).